The van der Waals surface area contributed by atoms with E-state index < -0.39 is 5.91 Å². The highest BCUT2D eigenvalue weighted by Crippen LogP contribution is 2.26. The summed E-state index contributed by atoms with van der Waals surface area (Å²) in [5.41, 5.74) is 7.54. The zero-order chi connectivity index (χ0) is 14.7. The van der Waals surface area contributed by atoms with Crippen molar-refractivity contribution < 1.29 is 14.6 Å². The number of carbonyl (C=O) groups is 1. The molecule has 5 nitrogen and oxygen atoms in total. The van der Waals surface area contributed by atoms with Crippen LogP contribution in [0.3, 0.4) is 0 Å². The summed E-state index contributed by atoms with van der Waals surface area (Å²) >= 11 is 0. The average molecular weight is 272 g/mol. The molecule has 0 aliphatic carbocycles. The van der Waals surface area contributed by atoms with Gasteiger partial charge in [-0.2, -0.15) is 0 Å². The minimum Gasteiger partial charge on any atom is -0.507 e. The molecule has 0 saturated heterocycles. The normalized spacial score (nSPS) is 10.1. The van der Waals surface area contributed by atoms with E-state index in [0.717, 1.165) is 0 Å². The highest BCUT2D eigenvalue weighted by atomic mass is 16.5. The summed E-state index contributed by atoms with van der Waals surface area (Å²) in [6.07, 6.45) is 0. The van der Waals surface area contributed by atoms with Crippen LogP contribution >= 0.6 is 0 Å². The molecule has 0 aromatic heterocycles. The fraction of sp³-hybridized carbons (Fsp3) is 0.133. The molecule has 1 amide bonds. The molecule has 4 N–H and O–H groups in total. The van der Waals surface area contributed by atoms with Gasteiger partial charge in [0.25, 0.3) is 5.91 Å². The third-order valence-electron chi connectivity index (χ3n) is 2.99. The molecule has 2 rings (SSSR count). The van der Waals surface area contributed by atoms with E-state index in [1.54, 1.807) is 43.3 Å². The SMILES string of the molecule is COc1ccc(NC(=O)c2cccc(C)c2O)c(N)c1. The molecule has 0 atom stereocenters. The van der Waals surface area contributed by atoms with Crippen LogP contribution in [0.2, 0.25) is 0 Å². The number of hydrogen-bond acceptors (Lipinski definition) is 4. The Morgan fingerprint density at radius 2 is 2.05 bits per heavy atom. The van der Waals surface area contributed by atoms with Gasteiger partial charge in [-0.1, -0.05) is 12.1 Å². The maximum absolute atomic E-state index is 12.1. The molecular weight excluding hydrogens is 256 g/mol. The first-order valence-electron chi connectivity index (χ1n) is 6.06. The van der Waals surface area contributed by atoms with E-state index in [9.17, 15) is 9.90 Å². The number of nitrogens with one attached hydrogen (secondary N) is 1. The number of anilines is 2. The number of nitrogen functional groups attached to an aromatic ring is 1. The van der Waals surface area contributed by atoms with Crippen LogP contribution in [0.4, 0.5) is 11.4 Å². The van der Waals surface area contributed by atoms with Gasteiger partial charge in [0.05, 0.1) is 24.0 Å². The van der Waals surface area contributed by atoms with Crippen molar-refractivity contribution in [1.29, 1.82) is 0 Å². The number of phenols is 1. The lowest BCUT2D eigenvalue weighted by molar-refractivity contribution is 0.102. The second kappa shape index (κ2) is 5.52. The number of amides is 1. The Labute approximate surface area is 117 Å². The van der Waals surface area contributed by atoms with Crippen LogP contribution in [0.1, 0.15) is 15.9 Å². The Balaban J connectivity index is 2.26. The lowest BCUT2D eigenvalue weighted by Gasteiger charge is -2.11. The monoisotopic (exact) mass is 272 g/mol. The first-order valence-corrected chi connectivity index (χ1v) is 6.06. The number of para-hydroxylation sites is 1. The topological polar surface area (TPSA) is 84.6 Å². The van der Waals surface area contributed by atoms with Crippen LogP contribution in [0.15, 0.2) is 36.4 Å². The van der Waals surface area contributed by atoms with Crippen LogP contribution in [0, 0.1) is 6.92 Å². The largest absolute Gasteiger partial charge is 0.507 e. The molecule has 5 heteroatoms. The smallest absolute Gasteiger partial charge is 0.259 e. The predicted molar refractivity (Wildman–Crippen MR) is 78.2 cm³/mol. The van der Waals surface area contributed by atoms with Crippen LogP contribution in [0.25, 0.3) is 0 Å². The van der Waals surface area contributed by atoms with Gasteiger partial charge in [0.1, 0.15) is 11.5 Å². The summed E-state index contributed by atoms with van der Waals surface area (Å²) in [4.78, 5) is 12.1. The third-order valence-corrected chi connectivity index (χ3v) is 2.99. The Morgan fingerprint density at radius 1 is 1.30 bits per heavy atom. The van der Waals surface area contributed by atoms with Gasteiger partial charge in [0.15, 0.2) is 0 Å². The summed E-state index contributed by atoms with van der Waals surface area (Å²) in [5.74, 6) is 0.166. The zero-order valence-corrected chi connectivity index (χ0v) is 11.3. The van der Waals surface area contributed by atoms with Crippen LogP contribution in [0.5, 0.6) is 11.5 Å². The van der Waals surface area contributed by atoms with Gasteiger partial charge in [-0.05, 0) is 30.7 Å². The molecule has 0 heterocycles. The van der Waals surface area contributed by atoms with Crippen molar-refractivity contribution in [2.45, 2.75) is 6.92 Å². The van der Waals surface area contributed by atoms with Gasteiger partial charge in [-0.3, -0.25) is 4.79 Å². The Kier molecular flexibility index (Phi) is 3.79. The van der Waals surface area contributed by atoms with E-state index >= 15 is 0 Å². The zero-order valence-electron chi connectivity index (χ0n) is 11.3. The molecule has 104 valence electrons. The number of methoxy groups -OCH3 is 1. The Morgan fingerprint density at radius 3 is 2.70 bits per heavy atom. The second-order valence-corrected chi connectivity index (χ2v) is 4.38. The maximum Gasteiger partial charge on any atom is 0.259 e. The van der Waals surface area contributed by atoms with Gasteiger partial charge in [-0.25, -0.2) is 0 Å². The van der Waals surface area contributed by atoms with Gasteiger partial charge in [-0.15, -0.1) is 0 Å². The molecule has 0 aliphatic rings. The van der Waals surface area contributed by atoms with Crippen LogP contribution in [-0.4, -0.2) is 18.1 Å². The number of phenolic OH excluding ortho intramolecular Hbond substituents is 1. The minimum absolute atomic E-state index is 0.0305. The van der Waals surface area contributed by atoms with Crippen LogP contribution < -0.4 is 15.8 Å². The molecule has 0 saturated carbocycles. The fourth-order valence-corrected chi connectivity index (χ4v) is 1.81. The molecule has 0 fully saturated rings. The average Bonchev–Trinajstić information content (AvgIpc) is 2.44. The highest BCUT2D eigenvalue weighted by Gasteiger charge is 2.13. The number of aryl methyl sites for hydroxylation is 1. The summed E-state index contributed by atoms with van der Waals surface area (Å²) < 4.78 is 5.04. The van der Waals surface area contributed by atoms with Gasteiger partial charge < -0.3 is 20.9 Å². The fourth-order valence-electron chi connectivity index (χ4n) is 1.81. The molecule has 2 aromatic rings. The summed E-state index contributed by atoms with van der Waals surface area (Å²) in [7, 11) is 1.54. The van der Waals surface area contributed by atoms with E-state index in [1.165, 1.54) is 7.11 Å². The first kappa shape index (κ1) is 13.7. The van der Waals surface area contributed by atoms with Crippen molar-refractivity contribution in [3.05, 3.63) is 47.5 Å². The standard InChI is InChI=1S/C15H16N2O3/c1-9-4-3-5-11(14(9)18)15(19)17-13-7-6-10(20-2)8-12(13)16/h3-8,18H,16H2,1-2H3,(H,17,19). The lowest BCUT2D eigenvalue weighted by atomic mass is 10.1. The lowest BCUT2D eigenvalue weighted by Crippen LogP contribution is -2.13. The van der Waals surface area contributed by atoms with Crippen molar-refractivity contribution in [3.8, 4) is 11.5 Å². The number of benzene rings is 2. The molecule has 0 spiro atoms. The molecule has 0 unspecified atom stereocenters. The molecule has 0 bridgehead atoms. The molecule has 2 aromatic carbocycles. The highest BCUT2D eigenvalue weighted by molar-refractivity contribution is 6.07. The van der Waals surface area contributed by atoms with E-state index in [2.05, 4.69) is 5.32 Å². The van der Waals surface area contributed by atoms with Gasteiger partial charge in [0.2, 0.25) is 0 Å². The van der Waals surface area contributed by atoms with E-state index in [0.29, 0.717) is 22.7 Å². The number of carbonyl (C=O) groups excluding carboxylic acids is 1. The second-order valence-electron chi connectivity index (χ2n) is 4.38. The van der Waals surface area contributed by atoms with Gasteiger partial charge in [0, 0.05) is 6.07 Å². The number of aromatic hydroxyl groups is 1. The number of ether oxygens (including phenoxy) is 1. The quantitative estimate of drug-likeness (QED) is 0.750. The van der Waals surface area contributed by atoms with Crippen LogP contribution in [-0.2, 0) is 0 Å². The van der Waals surface area contributed by atoms with Gasteiger partial charge >= 0.3 is 0 Å². The number of rotatable bonds is 3. The summed E-state index contributed by atoms with van der Waals surface area (Å²) in [6.45, 7) is 1.73. The summed E-state index contributed by atoms with van der Waals surface area (Å²) in [5, 5.41) is 12.6. The predicted octanol–water partition coefficient (Wildman–Crippen LogP) is 2.54. The van der Waals surface area contributed by atoms with E-state index in [1.807, 2.05) is 0 Å². The molecule has 20 heavy (non-hydrogen) atoms. The maximum atomic E-state index is 12.1. The van der Waals surface area contributed by atoms with Crippen molar-refractivity contribution >= 4 is 17.3 Å². The number of hydrogen-bond donors (Lipinski definition) is 3. The molecular formula is C15H16N2O3. The van der Waals surface area contributed by atoms with E-state index in [-0.39, 0.29) is 11.3 Å². The molecule has 0 aliphatic heterocycles. The molecule has 0 radical (unpaired) electrons. The third kappa shape index (κ3) is 2.66. The Hall–Kier alpha value is -2.69. The van der Waals surface area contributed by atoms with Crippen molar-refractivity contribution in [3.63, 3.8) is 0 Å². The van der Waals surface area contributed by atoms with E-state index in [4.69, 9.17) is 10.5 Å². The van der Waals surface area contributed by atoms with Crippen molar-refractivity contribution in [1.82, 2.24) is 0 Å². The Bertz CT molecular complexity index is 654. The van der Waals surface area contributed by atoms with Crippen molar-refractivity contribution in [2.75, 3.05) is 18.2 Å². The number of nitrogens with two attached hydrogens (primary N) is 1. The first-order chi connectivity index (χ1) is 9.52. The minimum atomic E-state index is -0.414. The summed E-state index contributed by atoms with van der Waals surface area (Å²) in [6, 6.07) is 9.96. The van der Waals surface area contributed by atoms with Crippen molar-refractivity contribution in [2.24, 2.45) is 0 Å².